The van der Waals surface area contributed by atoms with Crippen molar-refractivity contribution in [3.05, 3.63) is 52.4 Å². The minimum atomic E-state index is -0.430. The van der Waals surface area contributed by atoms with Gasteiger partial charge in [0.2, 0.25) is 0 Å². The third kappa shape index (κ3) is 5.07. The van der Waals surface area contributed by atoms with Gasteiger partial charge in [-0.05, 0) is 56.0 Å². The lowest BCUT2D eigenvalue weighted by Crippen LogP contribution is -2.56. The number of benzene rings is 1. The minimum absolute atomic E-state index is 0.0335. The molecule has 1 aliphatic heterocycles. The number of anilines is 1. The first-order chi connectivity index (χ1) is 15.0. The van der Waals surface area contributed by atoms with E-state index in [1.54, 1.807) is 12.3 Å². The predicted molar refractivity (Wildman–Crippen MR) is 116 cm³/mol. The molecule has 9 heteroatoms. The average molecular weight is 448 g/mol. The van der Waals surface area contributed by atoms with Crippen LogP contribution in [0, 0.1) is 18.7 Å². The summed E-state index contributed by atoms with van der Waals surface area (Å²) < 4.78 is 14.2. The second-order valence-electron chi connectivity index (χ2n) is 8.41. The first kappa shape index (κ1) is 21.8. The van der Waals surface area contributed by atoms with E-state index in [-0.39, 0.29) is 37.2 Å². The Labute approximate surface area is 186 Å². The van der Waals surface area contributed by atoms with E-state index in [2.05, 4.69) is 20.4 Å². The van der Waals surface area contributed by atoms with Crippen molar-refractivity contribution in [1.29, 1.82) is 0 Å². The summed E-state index contributed by atoms with van der Waals surface area (Å²) in [6.45, 7) is 3.23. The van der Waals surface area contributed by atoms with E-state index in [1.807, 2.05) is 24.0 Å². The average Bonchev–Trinajstić information content (AvgIpc) is 3.61. The molecular weight excluding hydrogens is 421 g/mol. The smallest absolute Gasteiger partial charge is 0.318 e. The lowest BCUT2D eigenvalue weighted by atomic mass is 9.93. The van der Waals surface area contributed by atoms with E-state index in [0.29, 0.717) is 30.1 Å². The second-order valence-corrected chi connectivity index (χ2v) is 8.82. The number of carbonyl (C=O) groups excluding carboxylic acids is 1. The SMILES string of the molecule is Cc1cc(CNC(=O)N(C2CC2)C2CC(CO)CN(c3cccnn3)C2)c(F)cc1Cl. The Morgan fingerprint density at radius 3 is 2.84 bits per heavy atom. The van der Waals surface area contributed by atoms with Gasteiger partial charge in [-0.1, -0.05) is 11.6 Å². The Morgan fingerprint density at radius 2 is 2.16 bits per heavy atom. The molecule has 166 valence electrons. The molecule has 1 saturated carbocycles. The zero-order valence-electron chi connectivity index (χ0n) is 17.5. The van der Waals surface area contributed by atoms with Crippen LogP contribution in [0.1, 0.15) is 30.4 Å². The molecule has 2 amide bonds. The number of aliphatic hydroxyl groups excluding tert-OH is 1. The van der Waals surface area contributed by atoms with E-state index in [9.17, 15) is 14.3 Å². The molecule has 2 heterocycles. The summed E-state index contributed by atoms with van der Waals surface area (Å²) in [4.78, 5) is 17.1. The zero-order chi connectivity index (χ0) is 22.0. The fraction of sp³-hybridized carbons (Fsp3) is 0.500. The van der Waals surface area contributed by atoms with Crippen LogP contribution in [0.2, 0.25) is 5.02 Å². The van der Waals surface area contributed by atoms with Gasteiger partial charge < -0.3 is 20.2 Å². The number of nitrogens with zero attached hydrogens (tertiary/aromatic N) is 4. The highest BCUT2D eigenvalue weighted by Crippen LogP contribution is 2.33. The number of halogens is 2. The number of rotatable bonds is 6. The van der Waals surface area contributed by atoms with Gasteiger partial charge >= 0.3 is 6.03 Å². The van der Waals surface area contributed by atoms with Crippen LogP contribution < -0.4 is 10.2 Å². The van der Waals surface area contributed by atoms with Crippen molar-refractivity contribution in [1.82, 2.24) is 20.4 Å². The third-order valence-corrected chi connectivity index (χ3v) is 6.39. The highest BCUT2D eigenvalue weighted by Gasteiger charge is 2.41. The van der Waals surface area contributed by atoms with Crippen molar-refractivity contribution in [2.45, 2.75) is 44.8 Å². The highest BCUT2D eigenvalue weighted by atomic mass is 35.5. The quantitative estimate of drug-likeness (QED) is 0.711. The molecule has 2 fully saturated rings. The molecule has 31 heavy (non-hydrogen) atoms. The molecule has 0 bridgehead atoms. The van der Waals surface area contributed by atoms with Crippen LogP contribution in [0.3, 0.4) is 0 Å². The topological polar surface area (TPSA) is 81.6 Å². The molecule has 7 nitrogen and oxygen atoms in total. The maximum absolute atomic E-state index is 14.2. The Bertz CT molecular complexity index is 928. The van der Waals surface area contributed by atoms with Crippen LogP contribution in [-0.2, 0) is 6.54 Å². The Hall–Kier alpha value is -2.45. The fourth-order valence-corrected chi connectivity index (χ4v) is 4.40. The zero-order valence-corrected chi connectivity index (χ0v) is 18.2. The van der Waals surface area contributed by atoms with Gasteiger partial charge in [0, 0.05) is 55.0 Å². The second kappa shape index (κ2) is 9.36. The van der Waals surface area contributed by atoms with Gasteiger partial charge in [0.05, 0.1) is 6.04 Å². The number of amides is 2. The minimum Gasteiger partial charge on any atom is -0.396 e. The molecule has 2 unspecified atom stereocenters. The molecule has 0 spiro atoms. The normalized spacial score (nSPS) is 21.1. The highest BCUT2D eigenvalue weighted by molar-refractivity contribution is 6.31. The van der Waals surface area contributed by atoms with E-state index in [4.69, 9.17) is 11.6 Å². The standard InChI is InChI=1S/C22H27ClFN5O2/c1-14-7-16(20(24)9-19(14)23)10-25-22(31)29(17-4-5-17)18-8-15(13-30)11-28(12-18)21-3-2-6-26-27-21/h2-3,6-7,9,15,17-18,30H,4-5,8,10-13H2,1H3,(H,25,31). The number of piperidine rings is 1. The van der Waals surface area contributed by atoms with Gasteiger partial charge in [-0.25, -0.2) is 9.18 Å². The predicted octanol–water partition coefficient (Wildman–Crippen LogP) is 3.14. The Kier molecular flexibility index (Phi) is 6.57. The summed E-state index contributed by atoms with van der Waals surface area (Å²) in [6, 6.07) is 6.54. The number of carbonyl (C=O) groups is 1. The number of aliphatic hydroxyl groups is 1. The lowest BCUT2D eigenvalue weighted by molar-refractivity contribution is 0.127. The maximum atomic E-state index is 14.2. The summed E-state index contributed by atoms with van der Waals surface area (Å²) in [5.41, 5.74) is 1.17. The number of nitrogens with one attached hydrogen (secondary N) is 1. The van der Waals surface area contributed by atoms with Gasteiger partial charge in [-0.15, -0.1) is 5.10 Å². The molecule has 4 rings (SSSR count). The molecule has 0 radical (unpaired) electrons. The number of urea groups is 1. The molecular formula is C22H27ClFN5O2. The van der Waals surface area contributed by atoms with Crippen molar-refractivity contribution in [2.24, 2.45) is 5.92 Å². The molecule has 2 aliphatic rings. The van der Waals surface area contributed by atoms with Crippen LogP contribution in [-0.4, -0.2) is 58.0 Å². The molecule has 1 aromatic heterocycles. The Balaban J connectivity index is 1.48. The van der Waals surface area contributed by atoms with Gasteiger partial charge in [-0.3, -0.25) is 0 Å². The van der Waals surface area contributed by atoms with Crippen molar-refractivity contribution < 1.29 is 14.3 Å². The summed E-state index contributed by atoms with van der Waals surface area (Å²) in [7, 11) is 0. The first-order valence-corrected chi connectivity index (χ1v) is 11.0. The van der Waals surface area contributed by atoms with Gasteiger partial charge in [0.1, 0.15) is 5.82 Å². The number of hydrogen-bond donors (Lipinski definition) is 2. The third-order valence-electron chi connectivity index (χ3n) is 5.98. The van der Waals surface area contributed by atoms with Crippen LogP contribution in [0.5, 0.6) is 0 Å². The van der Waals surface area contributed by atoms with Crippen LogP contribution in [0.4, 0.5) is 15.0 Å². The largest absolute Gasteiger partial charge is 0.396 e. The van der Waals surface area contributed by atoms with E-state index < -0.39 is 5.82 Å². The summed E-state index contributed by atoms with van der Waals surface area (Å²) in [5, 5.41) is 21.3. The Morgan fingerprint density at radius 1 is 1.35 bits per heavy atom. The summed E-state index contributed by atoms with van der Waals surface area (Å²) in [5.74, 6) is 0.340. The molecule has 2 atom stereocenters. The number of aromatic nitrogens is 2. The van der Waals surface area contributed by atoms with Crippen molar-refractivity contribution >= 4 is 23.4 Å². The van der Waals surface area contributed by atoms with Gasteiger partial charge in [-0.2, -0.15) is 5.10 Å². The van der Waals surface area contributed by atoms with E-state index in [0.717, 1.165) is 24.2 Å². The van der Waals surface area contributed by atoms with Crippen LogP contribution in [0.15, 0.2) is 30.5 Å². The van der Waals surface area contributed by atoms with Crippen molar-refractivity contribution in [3.8, 4) is 0 Å². The molecule has 2 N–H and O–H groups in total. The van der Waals surface area contributed by atoms with Gasteiger partial charge in [0.25, 0.3) is 0 Å². The van der Waals surface area contributed by atoms with Crippen LogP contribution in [0.25, 0.3) is 0 Å². The van der Waals surface area contributed by atoms with Crippen LogP contribution >= 0.6 is 11.6 Å². The number of hydrogen-bond acceptors (Lipinski definition) is 5. The molecule has 1 aliphatic carbocycles. The first-order valence-electron chi connectivity index (χ1n) is 10.6. The van der Waals surface area contributed by atoms with Crippen molar-refractivity contribution in [3.63, 3.8) is 0 Å². The van der Waals surface area contributed by atoms with Gasteiger partial charge in [0.15, 0.2) is 5.82 Å². The molecule has 1 saturated heterocycles. The van der Waals surface area contributed by atoms with E-state index in [1.165, 1.54) is 6.07 Å². The van der Waals surface area contributed by atoms with E-state index >= 15 is 0 Å². The molecule has 1 aromatic carbocycles. The fourth-order valence-electron chi connectivity index (χ4n) is 4.25. The maximum Gasteiger partial charge on any atom is 0.318 e. The lowest BCUT2D eigenvalue weighted by Gasteiger charge is -2.42. The number of aryl methyl sites for hydroxylation is 1. The van der Waals surface area contributed by atoms with Crippen molar-refractivity contribution in [2.75, 3.05) is 24.6 Å². The molecule has 2 aromatic rings. The summed E-state index contributed by atoms with van der Waals surface area (Å²) in [6.07, 6.45) is 4.24. The monoisotopic (exact) mass is 447 g/mol. The summed E-state index contributed by atoms with van der Waals surface area (Å²) >= 11 is 5.97.